The van der Waals surface area contributed by atoms with Crippen molar-refractivity contribution < 1.29 is 18.4 Å². The van der Waals surface area contributed by atoms with Gasteiger partial charge in [0.25, 0.3) is 0 Å². The number of thioether (sulfide) groups is 1. The second-order valence-corrected chi connectivity index (χ2v) is 7.90. The lowest BCUT2D eigenvalue weighted by Crippen LogP contribution is -2.18. The first-order chi connectivity index (χ1) is 14.7. The van der Waals surface area contributed by atoms with Crippen LogP contribution in [-0.2, 0) is 23.1 Å². The number of rotatable bonds is 7. The SMILES string of the molecule is Cc1ccc(C)c(NC(=O)Cc2nnc(SCC(=O)Nc3ccc(F)cc3F)n2C)c1. The largest absolute Gasteiger partial charge is 0.325 e. The second-order valence-electron chi connectivity index (χ2n) is 6.96. The van der Waals surface area contributed by atoms with Gasteiger partial charge in [0, 0.05) is 18.8 Å². The van der Waals surface area contributed by atoms with Crippen molar-refractivity contribution >= 4 is 35.0 Å². The van der Waals surface area contributed by atoms with Crippen LogP contribution in [0.15, 0.2) is 41.6 Å². The molecule has 0 saturated carbocycles. The minimum Gasteiger partial charge on any atom is -0.325 e. The van der Waals surface area contributed by atoms with Crippen molar-refractivity contribution in [2.75, 3.05) is 16.4 Å². The van der Waals surface area contributed by atoms with Crippen molar-refractivity contribution in [2.24, 2.45) is 7.05 Å². The first-order valence-corrected chi connectivity index (χ1v) is 10.3. The van der Waals surface area contributed by atoms with E-state index in [-0.39, 0.29) is 23.8 Å². The van der Waals surface area contributed by atoms with Gasteiger partial charge in [0.15, 0.2) is 5.16 Å². The molecule has 10 heteroatoms. The summed E-state index contributed by atoms with van der Waals surface area (Å²) in [5.74, 6) is -1.90. The molecule has 2 amide bonds. The molecule has 1 aromatic heterocycles. The molecule has 0 aliphatic carbocycles. The third kappa shape index (κ3) is 5.88. The Morgan fingerprint density at radius 2 is 1.74 bits per heavy atom. The quantitative estimate of drug-likeness (QED) is 0.543. The average Bonchev–Trinajstić information content (AvgIpc) is 3.05. The van der Waals surface area contributed by atoms with E-state index in [0.29, 0.717) is 17.0 Å². The fourth-order valence-electron chi connectivity index (χ4n) is 2.74. The van der Waals surface area contributed by atoms with Crippen molar-refractivity contribution in [3.63, 3.8) is 0 Å². The normalized spacial score (nSPS) is 10.7. The number of carbonyl (C=O) groups is 2. The van der Waals surface area contributed by atoms with Crippen LogP contribution in [0, 0.1) is 25.5 Å². The summed E-state index contributed by atoms with van der Waals surface area (Å²) in [5, 5.41) is 13.7. The van der Waals surface area contributed by atoms with Gasteiger partial charge in [-0.3, -0.25) is 9.59 Å². The molecule has 1 heterocycles. The predicted octanol–water partition coefficient (Wildman–Crippen LogP) is 3.62. The predicted molar refractivity (Wildman–Crippen MR) is 115 cm³/mol. The van der Waals surface area contributed by atoms with Crippen LogP contribution in [0.3, 0.4) is 0 Å². The van der Waals surface area contributed by atoms with Crippen LogP contribution in [0.4, 0.5) is 20.2 Å². The molecular formula is C21H21F2N5O2S. The van der Waals surface area contributed by atoms with Gasteiger partial charge >= 0.3 is 0 Å². The molecule has 0 unspecified atom stereocenters. The minimum absolute atomic E-state index is 0.0183. The van der Waals surface area contributed by atoms with Crippen LogP contribution < -0.4 is 10.6 Å². The standard InChI is InChI=1S/C21H21F2N5O2S/c1-12-4-5-13(2)17(8-12)25-19(29)10-18-26-27-21(28(18)3)31-11-20(30)24-16-7-6-14(22)9-15(16)23/h4-9H,10-11H2,1-3H3,(H,24,30)(H,25,29). The van der Waals surface area contributed by atoms with Crippen molar-refractivity contribution in [3.05, 3.63) is 65.0 Å². The Morgan fingerprint density at radius 1 is 1.00 bits per heavy atom. The maximum Gasteiger partial charge on any atom is 0.234 e. The van der Waals surface area contributed by atoms with Gasteiger partial charge in [-0.15, -0.1) is 10.2 Å². The van der Waals surface area contributed by atoms with E-state index in [1.807, 2.05) is 32.0 Å². The summed E-state index contributed by atoms with van der Waals surface area (Å²) in [5.41, 5.74) is 2.63. The Bertz CT molecular complexity index is 1130. The highest BCUT2D eigenvalue weighted by Gasteiger charge is 2.16. The number of hydrogen-bond donors (Lipinski definition) is 2. The van der Waals surface area contributed by atoms with Gasteiger partial charge in [0.2, 0.25) is 11.8 Å². The number of amides is 2. The van der Waals surface area contributed by atoms with E-state index in [4.69, 9.17) is 0 Å². The van der Waals surface area contributed by atoms with E-state index >= 15 is 0 Å². The van der Waals surface area contributed by atoms with Gasteiger partial charge < -0.3 is 15.2 Å². The molecule has 2 N–H and O–H groups in total. The highest BCUT2D eigenvalue weighted by Crippen LogP contribution is 2.20. The van der Waals surface area contributed by atoms with Gasteiger partial charge in [0.1, 0.15) is 17.5 Å². The molecule has 162 valence electrons. The summed E-state index contributed by atoms with van der Waals surface area (Å²) < 4.78 is 28.2. The zero-order chi connectivity index (χ0) is 22.5. The first-order valence-electron chi connectivity index (χ1n) is 9.36. The number of halogens is 2. The van der Waals surface area contributed by atoms with Gasteiger partial charge in [-0.1, -0.05) is 23.9 Å². The van der Waals surface area contributed by atoms with Crippen LogP contribution in [0.25, 0.3) is 0 Å². The van der Waals surface area contributed by atoms with Gasteiger partial charge in [-0.25, -0.2) is 8.78 Å². The van der Waals surface area contributed by atoms with Crippen LogP contribution >= 0.6 is 11.8 Å². The second kappa shape index (κ2) is 9.69. The number of anilines is 2. The van der Waals surface area contributed by atoms with Crippen LogP contribution in [0.5, 0.6) is 0 Å². The molecule has 0 radical (unpaired) electrons. The lowest BCUT2D eigenvalue weighted by atomic mass is 10.1. The highest BCUT2D eigenvalue weighted by atomic mass is 32.2. The van der Waals surface area contributed by atoms with Crippen LogP contribution in [0.2, 0.25) is 0 Å². The van der Waals surface area contributed by atoms with Gasteiger partial charge in [-0.05, 0) is 43.2 Å². The molecule has 0 saturated heterocycles. The molecule has 0 fully saturated rings. The summed E-state index contributed by atoms with van der Waals surface area (Å²) in [6, 6.07) is 8.71. The number of aryl methyl sites for hydroxylation is 2. The van der Waals surface area contributed by atoms with E-state index in [2.05, 4.69) is 20.8 Å². The summed E-state index contributed by atoms with van der Waals surface area (Å²) in [6.45, 7) is 3.86. The molecular weight excluding hydrogens is 424 g/mol. The number of carbonyl (C=O) groups excluding carboxylic acids is 2. The van der Waals surface area contributed by atoms with E-state index in [0.717, 1.165) is 40.7 Å². The van der Waals surface area contributed by atoms with Crippen molar-refractivity contribution in [1.29, 1.82) is 0 Å². The average molecular weight is 445 g/mol. The minimum atomic E-state index is -0.853. The molecule has 0 bridgehead atoms. The Morgan fingerprint density at radius 3 is 2.48 bits per heavy atom. The lowest BCUT2D eigenvalue weighted by molar-refractivity contribution is -0.116. The summed E-state index contributed by atoms with van der Waals surface area (Å²) in [7, 11) is 1.69. The zero-order valence-electron chi connectivity index (χ0n) is 17.2. The Labute approximate surface area is 182 Å². The van der Waals surface area contributed by atoms with Crippen LogP contribution in [0.1, 0.15) is 17.0 Å². The van der Waals surface area contributed by atoms with E-state index in [9.17, 15) is 18.4 Å². The number of nitrogens with one attached hydrogen (secondary N) is 2. The molecule has 2 aromatic carbocycles. The number of aromatic nitrogens is 3. The Balaban J connectivity index is 1.56. The van der Waals surface area contributed by atoms with E-state index < -0.39 is 17.5 Å². The molecule has 0 spiro atoms. The zero-order valence-corrected chi connectivity index (χ0v) is 18.0. The highest BCUT2D eigenvalue weighted by molar-refractivity contribution is 7.99. The maximum atomic E-state index is 13.6. The smallest absolute Gasteiger partial charge is 0.234 e. The number of benzene rings is 2. The monoisotopic (exact) mass is 445 g/mol. The van der Waals surface area contributed by atoms with Crippen molar-refractivity contribution in [3.8, 4) is 0 Å². The molecule has 31 heavy (non-hydrogen) atoms. The third-order valence-corrected chi connectivity index (χ3v) is 5.47. The number of nitrogens with zero attached hydrogens (tertiary/aromatic N) is 3. The van der Waals surface area contributed by atoms with Crippen LogP contribution in [-0.4, -0.2) is 32.3 Å². The summed E-state index contributed by atoms with van der Waals surface area (Å²) in [4.78, 5) is 24.5. The Hall–Kier alpha value is -3.27. The van der Waals surface area contributed by atoms with E-state index in [1.54, 1.807) is 11.6 Å². The number of hydrogen-bond acceptors (Lipinski definition) is 5. The topological polar surface area (TPSA) is 88.9 Å². The summed E-state index contributed by atoms with van der Waals surface area (Å²) >= 11 is 1.09. The van der Waals surface area contributed by atoms with Crippen molar-refractivity contribution in [2.45, 2.75) is 25.4 Å². The maximum absolute atomic E-state index is 13.6. The third-order valence-electron chi connectivity index (χ3n) is 4.45. The van der Waals surface area contributed by atoms with Gasteiger partial charge in [0.05, 0.1) is 17.9 Å². The molecule has 0 aliphatic heterocycles. The summed E-state index contributed by atoms with van der Waals surface area (Å²) in [6.07, 6.45) is 0.0183. The Kier molecular flexibility index (Phi) is 7.01. The van der Waals surface area contributed by atoms with Crippen molar-refractivity contribution in [1.82, 2.24) is 14.8 Å². The molecule has 3 rings (SSSR count). The molecule has 0 aliphatic rings. The lowest BCUT2D eigenvalue weighted by Gasteiger charge is -2.09. The molecule has 3 aromatic rings. The fraction of sp³-hybridized carbons (Fsp3) is 0.238. The first kappa shape index (κ1) is 22.4. The molecule has 7 nitrogen and oxygen atoms in total. The molecule has 0 atom stereocenters. The van der Waals surface area contributed by atoms with E-state index in [1.165, 1.54) is 0 Å². The van der Waals surface area contributed by atoms with Gasteiger partial charge in [-0.2, -0.15) is 0 Å². The fourth-order valence-corrected chi connectivity index (χ4v) is 3.47.